The van der Waals surface area contributed by atoms with Crippen molar-refractivity contribution >= 4 is 5.97 Å². The average molecular weight is 367 g/mol. The zero-order chi connectivity index (χ0) is 19.1. The van der Waals surface area contributed by atoms with E-state index in [-0.39, 0.29) is 0 Å². The first kappa shape index (κ1) is 25.2. The van der Waals surface area contributed by atoms with Crippen molar-refractivity contribution in [3.05, 3.63) is 12.2 Å². The van der Waals surface area contributed by atoms with E-state index in [9.17, 15) is 4.79 Å². The monoisotopic (exact) mass is 366 g/mol. The van der Waals surface area contributed by atoms with Gasteiger partial charge in [-0.2, -0.15) is 0 Å². The highest BCUT2D eigenvalue weighted by Crippen LogP contribution is 2.14. The Hall–Kier alpha value is -0.790. The summed E-state index contributed by atoms with van der Waals surface area (Å²) in [6, 6.07) is 0. The summed E-state index contributed by atoms with van der Waals surface area (Å²) in [4.78, 5) is 10.4. The molecule has 0 saturated heterocycles. The Morgan fingerprint density at radius 3 is 1.27 bits per heavy atom. The molecule has 0 rings (SSSR count). The maximum Gasteiger partial charge on any atom is 0.303 e. The normalized spacial score (nSPS) is 11.4. The second kappa shape index (κ2) is 22.3. The predicted octanol–water partition coefficient (Wildman–Crippen LogP) is 8.45. The molecule has 0 bridgehead atoms. The lowest BCUT2D eigenvalue weighted by atomic mass is 10.0. The minimum atomic E-state index is -0.652. The summed E-state index contributed by atoms with van der Waals surface area (Å²) in [5, 5.41) is 8.57. The van der Waals surface area contributed by atoms with Crippen molar-refractivity contribution in [1.82, 2.24) is 0 Å². The molecule has 0 radical (unpaired) electrons. The first-order valence-corrected chi connectivity index (χ1v) is 11.6. The summed E-state index contributed by atoms with van der Waals surface area (Å²) in [5.74, 6) is -0.652. The van der Waals surface area contributed by atoms with Crippen LogP contribution in [-0.2, 0) is 4.79 Å². The molecular formula is C24H46O2. The first-order chi connectivity index (χ1) is 12.8. The van der Waals surface area contributed by atoms with E-state index in [1.807, 2.05) is 0 Å². The molecule has 154 valence electrons. The molecule has 0 amide bonds. The van der Waals surface area contributed by atoms with Crippen LogP contribution in [0.1, 0.15) is 135 Å². The third kappa shape index (κ3) is 23.2. The lowest BCUT2D eigenvalue weighted by Gasteiger charge is -2.03. The quantitative estimate of drug-likeness (QED) is 0.163. The zero-order valence-corrected chi connectivity index (χ0v) is 17.7. The van der Waals surface area contributed by atoms with Crippen LogP contribution in [0.5, 0.6) is 0 Å². The highest BCUT2D eigenvalue weighted by molar-refractivity contribution is 5.66. The van der Waals surface area contributed by atoms with Gasteiger partial charge in [0, 0.05) is 6.42 Å². The van der Waals surface area contributed by atoms with Gasteiger partial charge in [-0.1, -0.05) is 115 Å². The minimum Gasteiger partial charge on any atom is -0.481 e. The summed E-state index contributed by atoms with van der Waals surface area (Å²) >= 11 is 0. The molecule has 0 aromatic heterocycles. The van der Waals surface area contributed by atoms with Crippen molar-refractivity contribution in [2.24, 2.45) is 0 Å². The van der Waals surface area contributed by atoms with E-state index < -0.39 is 5.97 Å². The van der Waals surface area contributed by atoms with Gasteiger partial charge in [-0.05, 0) is 25.7 Å². The van der Waals surface area contributed by atoms with Gasteiger partial charge in [-0.3, -0.25) is 4.79 Å². The number of hydrogen-bond donors (Lipinski definition) is 1. The first-order valence-electron chi connectivity index (χ1n) is 11.6. The number of unbranched alkanes of at least 4 members (excludes halogenated alkanes) is 17. The molecule has 0 fully saturated rings. The number of carbonyl (C=O) groups is 1. The van der Waals surface area contributed by atoms with Crippen molar-refractivity contribution in [3.8, 4) is 0 Å². The van der Waals surface area contributed by atoms with Crippen molar-refractivity contribution in [2.45, 2.75) is 135 Å². The molecule has 0 saturated carbocycles. The molecule has 2 heteroatoms. The summed E-state index contributed by atoms with van der Waals surface area (Å²) < 4.78 is 0. The number of allylic oxidation sites excluding steroid dienone is 2. The molecule has 0 unspecified atom stereocenters. The molecule has 0 aliphatic rings. The molecule has 0 spiro atoms. The van der Waals surface area contributed by atoms with Crippen LogP contribution in [0.2, 0.25) is 0 Å². The molecule has 1 N–H and O–H groups in total. The van der Waals surface area contributed by atoms with Crippen LogP contribution in [0.4, 0.5) is 0 Å². The Balaban J connectivity index is 3.01. The Morgan fingerprint density at radius 1 is 0.577 bits per heavy atom. The van der Waals surface area contributed by atoms with Crippen LogP contribution in [-0.4, -0.2) is 11.1 Å². The summed E-state index contributed by atoms with van der Waals surface area (Å²) in [5.41, 5.74) is 0. The van der Waals surface area contributed by atoms with Crippen LogP contribution in [0.15, 0.2) is 12.2 Å². The van der Waals surface area contributed by atoms with Gasteiger partial charge >= 0.3 is 5.97 Å². The number of carboxylic acids is 1. The van der Waals surface area contributed by atoms with E-state index >= 15 is 0 Å². The smallest absolute Gasteiger partial charge is 0.303 e. The van der Waals surface area contributed by atoms with E-state index in [1.165, 1.54) is 109 Å². The topological polar surface area (TPSA) is 37.3 Å². The largest absolute Gasteiger partial charge is 0.481 e. The molecule has 0 aliphatic carbocycles. The van der Waals surface area contributed by atoms with Gasteiger partial charge in [0.2, 0.25) is 0 Å². The standard InChI is InChI=1S/C24H46O2/c1-2-3-4-5-6-7-8-9-10-11-12-13-14-15-16-17-18-19-20-21-22-23-24(25)26/h3-4H,2,5-23H2,1H3,(H,25,26). The number of carboxylic acid groups (broad SMARTS) is 1. The molecule has 0 aromatic rings. The highest BCUT2D eigenvalue weighted by atomic mass is 16.4. The van der Waals surface area contributed by atoms with Gasteiger partial charge < -0.3 is 5.11 Å². The van der Waals surface area contributed by atoms with Gasteiger partial charge in [-0.15, -0.1) is 0 Å². The van der Waals surface area contributed by atoms with Gasteiger partial charge in [-0.25, -0.2) is 0 Å². The highest BCUT2D eigenvalue weighted by Gasteiger charge is 1.97. The van der Waals surface area contributed by atoms with Crippen LogP contribution >= 0.6 is 0 Å². The van der Waals surface area contributed by atoms with E-state index in [0.717, 1.165) is 12.8 Å². The fraction of sp³-hybridized carbons (Fsp3) is 0.875. The average Bonchev–Trinajstić information content (AvgIpc) is 2.62. The van der Waals surface area contributed by atoms with Gasteiger partial charge in [0.05, 0.1) is 0 Å². The number of hydrogen-bond acceptors (Lipinski definition) is 1. The number of aliphatic carboxylic acids is 1. The van der Waals surface area contributed by atoms with E-state index in [0.29, 0.717) is 6.42 Å². The third-order valence-corrected chi connectivity index (χ3v) is 5.16. The van der Waals surface area contributed by atoms with Crippen molar-refractivity contribution in [1.29, 1.82) is 0 Å². The van der Waals surface area contributed by atoms with E-state index in [2.05, 4.69) is 19.1 Å². The lowest BCUT2D eigenvalue weighted by Crippen LogP contribution is -1.93. The zero-order valence-electron chi connectivity index (χ0n) is 17.7. The fourth-order valence-electron chi connectivity index (χ4n) is 3.47. The Labute approximate surface area is 163 Å². The predicted molar refractivity (Wildman–Crippen MR) is 115 cm³/mol. The SMILES string of the molecule is CCC=CCCCCCCCCCCCCCCCCCCCC(=O)O. The second-order valence-corrected chi connectivity index (χ2v) is 7.82. The van der Waals surface area contributed by atoms with Crippen molar-refractivity contribution in [2.75, 3.05) is 0 Å². The molecule has 0 atom stereocenters. The summed E-state index contributed by atoms with van der Waals surface area (Å²) in [7, 11) is 0. The molecule has 0 aromatic carbocycles. The fourth-order valence-corrected chi connectivity index (χ4v) is 3.47. The van der Waals surface area contributed by atoms with E-state index in [1.54, 1.807) is 0 Å². The molecular weight excluding hydrogens is 320 g/mol. The van der Waals surface area contributed by atoms with Crippen LogP contribution in [0.3, 0.4) is 0 Å². The molecule has 0 aliphatic heterocycles. The maximum absolute atomic E-state index is 10.4. The van der Waals surface area contributed by atoms with Crippen LogP contribution < -0.4 is 0 Å². The lowest BCUT2D eigenvalue weighted by molar-refractivity contribution is -0.137. The molecule has 26 heavy (non-hydrogen) atoms. The Bertz CT molecular complexity index is 309. The minimum absolute atomic E-state index is 0.344. The van der Waals surface area contributed by atoms with Crippen LogP contribution in [0, 0.1) is 0 Å². The Kier molecular flexibility index (Phi) is 21.6. The van der Waals surface area contributed by atoms with Gasteiger partial charge in [0.25, 0.3) is 0 Å². The maximum atomic E-state index is 10.4. The summed E-state index contributed by atoms with van der Waals surface area (Å²) in [6.07, 6.45) is 30.2. The number of rotatable bonds is 21. The molecule has 2 nitrogen and oxygen atoms in total. The third-order valence-electron chi connectivity index (χ3n) is 5.16. The van der Waals surface area contributed by atoms with E-state index in [4.69, 9.17) is 5.11 Å². The summed E-state index contributed by atoms with van der Waals surface area (Å²) in [6.45, 7) is 2.20. The van der Waals surface area contributed by atoms with Crippen molar-refractivity contribution < 1.29 is 9.90 Å². The second-order valence-electron chi connectivity index (χ2n) is 7.82. The molecule has 0 heterocycles. The Morgan fingerprint density at radius 2 is 0.923 bits per heavy atom. The van der Waals surface area contributed by atoms with Gasteiger partial charge in [0.1, 0.15) is 0 Å². The van der Waals surface area contributed by atoms with Gasteiger partial charge in [0.15, 0.2) is 0 Å². The van der Waals surface area contributed by atoms with Crippen LogP contribution in [0.25, 0.3) is 0 Å². The van der Waals surface area contributed by atoms with Crippen molar-refractivity contribution in [3.63, 3.8) is 0 Å².